The van der Waals surface area contributed by atoms with Crippen LogP contribution in [0, 0.1) is 0 Å². The Morgan fingerprint density at radius 1 is 1.19 bits per heavy atom. The fourth-order valence-electron chi connectivity index (χ4n) is 1.89. The zero-order valence-electron chi connectivity index (χ0n) is 11.0. The molecule has 3 aromatic rings. The molecule has 0 aliphatic rings. The second-order valence-electron chi connectivity index (χ2n) is 4.34. The minimum atomic E-state index is -0.869. The maximum atomic E-state index is 10.8. The van der Waals surface area contributed by atoms with E-state index in [0.717, 1.165) is 21.4 Å². The van der Waals surface area contributed by atoms with Crippen LogP contribution in [0.15, 0.2) is 48.5 Å². The Balaban J connectivity index is 1.77. The molecule has 0 spiro atoms. The van der Waals surface area contributed by atoms with E-state index in [1.807, 2.05) is 42.5 Å². The minimum absolute atomic E-state index is 0.233. The van der Waals surface area contributed by atoms with Crippen molar-refractivity contribution in [2.24, 2.45) is 5.73 Å². The molecule has 0 saturated carbocycles. The van der Waals surface area contributed by atoms with Crippen molar-refractivity contribution in [3.05, 3.63) is 54.1 Å². The first-order valence-corrected chi connectivity index (χ1v) is 7.03. The van der Waals surface area contributed by atoms with E-state index in [9.17, 15) is 4.79 Å². The lowest BCUT2D eigenvalue weighted by molar-refractivity contribution is 0.210. The molecular formula is C15H12N2O3S. The van der Waals surface area contributed by atoms with E-state index in [-0.39, 0.29) is 5.88 Å². The van der Waals surface area contributed by atoms with E-state index < -0.39 is 6.09 Å². The van der Waals surface area contributed by atoms with Gasteiger partial charge in [0.15, 0.2) is 0 Å². The molecule has 3 rings (SSSR count). The predicted octanol–water partition coefficient (Wildman–Crippen LogP) is 3.33. The fourth-order valence-corrected chi connectivity index (χ4v) is 2.63. The normalized spacial score (nSPS) is 10.5. The predicted molar refractivity (Wildman–Crippen MR) is 80.6 cm³/mol. The van der Waals surface area contributed by atoms with Gasteiger partial charge in [0.1, 0.15) is 12.4 Å². The molecule has 0 unspecified atom stereocenters. The molecule has 5 nitrogen and oxygen atoms in total. The average Bonchev–Trinajstić information content (AvgIpc) is 2.88. The van der Waals surface area contributed by atoms with Crippen LogP contribution in [0.4, 0.5) is 4.79 Å². The lowest BCUT2D eigenvalue weighted by atomic mass is 10.2. The third-order valence-electron chi connectivity index (χ3n) is 2.86. The van der Waals surface area contributed by atoms with Crippen molar-refractivity contribution in [3.63, 3.8) is 0 Å². The van der Waals surface area contributed by atoms with Gasteiger partial charge in [0.2, 0.25) is 5.88 Å². The quantitative estimate of drug-likeness (QED) is 0.802. The SMILES string of the molecule is NC(=O)Oc1nsc2cc(OCc3ccccc3)ccc12. The van der Waals surface area contributed by atoms with Gasteiger partial charge in [-0.15, -0.1) is 0 Å². The van der Waals surface area contributed by atoms with Crippen LogP contribution < -0.4 is 15.2 Å². The van der Waals surface area contributed by atoms with E-state index in [4.69, 9.17) is 15.2 Å². The number of rotatable bonds is 4. The highest BCUT2D eigenvalue weighted by atomic mass is 32.1. The molecule has 0 saturated heterocycles. The fraction of sp³-hybridized carbons (Fsp3) is 0.0667. The maximum absolute atomic E-state index is 10.8. The first kappa shape index (κ1) is 13.4. The van der Waals surface area contributed by atoms with Crippen molar-refractivity contribution >= 4 is 27.7 Å². The van der Waals surface area contributed by atoms with Gasteiger partial charge in [0, 0.05) is 0 Å². The van der Waals surface area contributed by atoms with Crippen LogP contribution in [-0.2, 0) is 6.61 Å². The number of benzene rings is 2. The number of fused-ring (bicyclic) bond motifs is 1. The van der Waals surface area contributed by atoms with Crippen molar-refractivity contribution in [2.75, 3.05) is 0 Å². The topological polar surface area (TPSA) is 74.4 Å². The Labute approximate surface area is 125 Å². The number of primary amides is 1. The third-order valence-corrected chi connectivity index (χ3v) is 3.65. The van der Waals surface area contributed by atoms with Crippen LogP contribution in [0.3, 0.4) is 0 Å². The second-order valence-corrected chi connectivity index (χ2v) is 5.15. The highest BCUT2D eigenvalue weighted by molar-refractivity contribution is 7.13. The van der Waals surface area contributed by atoms with Crippen molar-refractivity contribution in [3.8, 4) is 11.6 Å². The molecule has 2 aromatic carbocycles. The van der Waals surface area contributed by atoms with E-state index in [2.05, 4.69) is 4.37 Å². The molecule has 1 aromatic heterocycles. The molecule has 0 atom stereocenters. The van der Waals surface area contributed by atoms with Gasteiger partial charge in [0.25, 0.3) is 0 Å². The number of hydrogen-bond acceptors (Lipinski definition) is 5. The number of nitrogens with zero attached hydrogens (tertiary/aromatic N) is 1. The molecule has 21 heavy (non-hydrogen) atoms. The van der Waals surface area contributed by atoms with Gasteiger partial charge in [-0.25, -0.2) is 4.79 Å². The molecule has 0 bridgehead atoms. The highest BCUT2D eigenvalue weighted by Crippen LogP contribution is 2.31. The zero-order chi connectivity index (χ0) is 14.7. The third kappa shape index (κ3) is 3.11. The van der Waals surface area contributed by atoms with Crippen LogP contribution in [0.2, 0.25) is 0 Å². The number of amides is 1. The molecule has 1 amide bonds. The molecule has 6 heteroatoms. The summed E-state index contributed by atoms with van der Waals surface area (Å²) in [5.41, 5.74) is 6.09. The number of aromatic nitrogens is 1. The highest BCUT2D eigenvalue weighted by Gasteiger charge is 2.10. The summed E-state index contributed by atoms with van der Waals surface area (Å²) in [5.74, 6) is 0.970. The Kier molecular flexibility index (Phi) is 3.70. The van der Waals surface area contributed by atoms with Crippen LogP contribution in [0.25, 0.3) is 10.1 Å². The smallest absolute Gasteiger partial charge is 0.411 e. The summed E-state index contributed by atoms with van der Waals surface area (Å²) in [4.78, 5) is 10.8. The molecule has 1 heterocycles. The monoisotopic (exact) mass is 300 g/mol. The molecule has 0 fully saturated rings. The van der Waals surface area contributed by atoms with Gasteiger partial charge >= 0.3 is 6.09 Å². The summed E-state index contributed by atoms with van der Waals surface area (Å²) in [5, 5.41) is 0.742. The summed E-state index contributed by atoms with van der Waals surface area (Å²) in [6.45, 7) is 0.496. The van der Waals surface area contributed by atoms with E-state index in [1.165, 1.54) is 11.5 Å². The standard InChI is InChI=1S/C15H12N2O3S/c16-15(18)20-14-12-7-6-11(8-13(12)21-17-14)19-9-10-4-2-1-3-5-10/h1-8H,9H2,(H2,16,18). The second kappa shape index (κ2) is 5.80. The van der Waals surface area contributed by atoms with Crippen molar-refractivity contribution in [2.45, 2.75) is 6.61 Å². The van der Waals surface area contributed by atoms with E-state index >= 15 is 0 Å². The maximum Gasteiger partial charge on any atom is 0.411 e. The molecule has 2 N–H and O–H groups in total. The minimum Gasteiger partial charge on any atom is -0.489 e. The summed E-state index contributed by atoms with van der Waals surface area (Å²) < 4.78 is 15.5. The first-order valence-electron chi connectivity index (χ1n) is 6.26. The van der Waals surface area contributed by atoms with Gasteiger partial charge in [-0.1, -0.05) is 30.3 Å². The Bertz CT molecular complexity index is 771. The molecule has 0 aliphatic heterocycles. The van der Waals surface area contributed by atoms with Crippen molar-refractivity contribution in [1.29, 1.82) is 0 Å². The number of ether oxygens (including phenoxy) is 2. The van der Waals surface area contributed by atoms with Gasteiger partial charge in [-0.05, 0) is 35.3 Å². The summed E-state index contributed by atoms with van der Waals surface area (Å²) in [7, 11) is 0. The first-order chi connectivity index (χ1) is 10.2. The molecule has 0 radical (unpaired) electrons. The van der Waals surface area contributed by atoms with Crippen LogP contribution in [-0.4, -0.2) is 10.5 Å². The summed E-state index contributed by atoms with van der Waals surface area (Å²) in [6, 6.07) is 15.4. The zero-order valence-corrected chi connectivity index (χ0v) is 11.8. The van der Waals surface area contributed by atoms with E-state index in [1.54, 1.807) is 6.07 Å². The molecule has 106 valence electrons. The summed E-state index contributed by atoms with van der Waals surface area (Å²) in [6.07, 6.45) is -0.869. The Morgan fingerprint density at radius 2 is 2.00 bits per heavy atom. The van der Waals surface area contributed by atoms with Crippen molar-refractivity contribution < 1.29 is 14.3 Å². The Morgan fingerprint density at radius 3 is 2.76 bits per heavy atom. The number of hydrogen-bond donors (Lipinski definition) is 1. The van der Waals surface area contributed by atoms with Gasteiger partial charge in [0.05, 0.1) is 10.1 Å². The van der Waals surface area contributed by atoms with Crippen LogP contribution in [0.1, 0.15) is 5.56 Å². The van der Waals surface area contributed by atoms with Gasteiger partial charge in [-0.2, -0.15) is 4.37 Å². The van der Waals surface area contributed by atoms with Gasteiger partial charge in [-0.3, -0.25) is 0 Å². The van der Waals surface area contributed by atoms with Gasteiger partial charge < -0.3 is 15.2 Å². The number of nitrogens with two attached hydrogens (primary N) is 1. The number of carbonyl (C=O) groups excluding carboxylic acids is 1. The lowest BCUT2D eigenvalue weighted by Gasteiger charge is -2.06. The number of carbonyl (C=O) groups is 1. The molecular weight excluding hydrogens is 288 g/mol. The van der Waals surface area contributed by atoms with Crippen LogP contribution in [0.5, 0.6) is 11.6 Å². The van der Waals surface area contributed by atoms with Crippen molar-refractivity contribution in [1.82, 2.24) is 4.37 Å². The average molecular weight is 300 g/mol. The van der Waals surface area contributed by atoms with E-state index in [0.29, 0.717) is 6.61 Å². The molecule has 0 aliphatic carbocycles. The Hall–Kier alpha value is -2.60. The summed E-state index contributed by atoms with van der Waals surface area (Å²) >= 11 is 1.23. The largest absolute Gasteiger partial charge is 0.489 e. The lowest BCUT2D eigenvalue weighted by Crippen LogP contribution is -2.16. The van der Waals surface area contributed by atoms with Crippen LogP contribution >= 0.6 is 11.5 Å².